The van der Waals surface area contributed by atoms with Crippen LogP contribution in [0.2, 0.25) is 0 Å². The van der Waals surface area contributed by atoms with E-state index in [0.29, 0.717) is 0 Å². The number of terminal acetylenes is 1. The second-order valence-electron chi connectivity index (χ2n) is 7.00. The fourth-order valence-electron chi connectivity index (χ4n) is 5.58. The van der Waals surface area contributed by atoms with Gasteiger partial charge in [-0.15, -0.1) is 12.3 Å². The van der Waals surface area contributed by atoms with Crippen molar-refractivity contribution in [3.8, 4) is 12.3 Å². The molecule has 1 atom stereocenters. The van der Waals surface area contributed by atoms with Gasteiger partial charge in [0.15, 0.2) is 0 Å². The Morgan fingerprint density at radius 2 is 1.72 bits per heavy atom. The molecule has 4 rings (SSSR count). The van der Waals surface area contributed by atoms with Gasteiger partial charge in [-0.1, -0.05) is 0 Å². The van der Waals surface area contributed by atoms with Crippen molar-refractivity contribution in [3.05, 3.63) is 0 Å². The first-order chi connectivity index (χ1) is 8.81. The van der Waals surface area contributed by atoms with Crippen LogP contribution < -0.4 is 5.32 Å². The first-order valence-corrected chi connectivity index (χ1v) is 7.92. The molecule has 100 valence electrons. The highest BCUT2D eigenvalue weighted by Crippen LogP contribution is 2.57. The Hall–Kier alpha value is -0.480. The molecule has 1 heteroatoms. The van der Waals surface area contributed by atoms with Crippen LogP contribution in [0.5, 0.6) is 0 Å². The Labute approximate surface area is 112 Å². The number of hydrogen-bond donors (Lipinski definition) is 1. The zero-order valence-electron chi connectivity index (χ0n) is 11.7. The molecule has 0 aromatic rings. The molecule has 4 fully saturated rings. The lowest BCUT2D eigenvalue weighted by Crippen LogP contribution is -2.52. The first-order valence-electron chi connectivity index (χ1n) is 7.92. The number of rotatable bonds is 5. The summed E-state index contributed by atoms with van der Waals surface area (Å²) in [5, 5.41) is 3.62. The Bertz CT molecular complexity index is 299. The normalized spacial score (nSPS) is 42.8. The fraction of sp³-hybridized carbons (Fsp3) is 0.882. The standard InChI is InChI=1S/C17H27N/c1-3-4-5-6-16(18-2)17-14-8-12-7-13(10-14)11-15(17)9-12/h1,12-18H,4-11H2,2H3. The summed E-state index contributed by atoms with van der Waals surface area (Å²) < 4.78 is 0. The second kappa shape index (κ2) is 5.25. The van der Waals surface area contributed by atoms with Crippen molar-refractivity contribution >= 4 is 0 Å². The van der Waals surface area contributed by atoms with Crippen LogP contribution in [-0.2, 0) is 0 Å². The van der Waals surface area contributed by atoms with Gasteiger partial charge in [0, 0.05) is 12.5 Å². The lowest BCUT2D eigenvalue weighted by molar-refractivity contribution is -0.0521. The molecule has 1 nitrogen and oxygen atoms in total. The summed E-state index contributed by atoms with van der Waals surface area (Å²) in [4.78, 5) is 0. The van der Waals surface area contributed by atoms with Crippen LogP contribution in [0.4, 0.5) is 0 Å². The Morgan fingerprint density at radius 1 is 1.11 bits per heavy atom. The van der Waals surface area contributed by atoms with Crippen LogP contribution >= 0.6 is 0 Å². The van der Waals surface area contributed by atoms with Gasteiger partial charge in [-0.05, 0) is 81.6 Å². The average molecular weight is 245 g/mol. The molecule has 0 aromatic carbocycles. The smallest absolute Gasteiger partial charge is 0.00979 e. The molecule has 1 N–H and O–H groups in total. The third-order valence-electron chi connectivity index (χ3n) is 5.97. The lowest BCUT2D eigenvalue weighted by Gasteiger charge is -2.56. The highest BCUT2D eigenvalue weighted by Gasteiger charge is 2.49. The molecule has 4 aliphatic rings. The summed E-state index contributed by atoms with van der Waals surface area (Å²) in [5.41, 5.74) is 0. The first kappa shape index (κ1) is 12.5. The van der Waals surface area contributed by atoms with Gasteiger partial charge in [0.1, 0.15) is 0 Å². The van der Waals surface area contributed by atoms with E-state index in [1.807, 2.05) is 0 Å². The summed E-state index contributed by atoms with van der Waals surface area (Å²) in [5.74, 6) is 7.99. The summed E-state index contributed by atoms with van der Waals surface area (Å²) >= 11 is 0. The summed E-state index contributed by atoms with van der Waals surface area (Å²) in [6, 6.07) is 0.730. The molecule has 4 aliphatic carbocycles. The van der Waals surface area contributed by atoms with Crippen LogP contribution in [0, 0.1) is 41.9 Å². The van der Waals surface area contributed by atoms with E-state index < -0.39 is 0 Å². The lowest BCUT2D eigenvalue weighted by atomic mass is 9.50. The maximum absolute atomic E-state index is 5.38. The van der Waals surface area contributed by atoms with E-state index in [9.17, 15) is 0 Å². The topological polar surface area (TPSA) is 12.0 Å². The minimum atomic E-state index is 0.730. The molecule has 4 bridgehead atoms. The van der Waals surface area contributed by atoms with Crippen molar-refractivity contribution in [2.24, 2.45) is 29.6 Å². The Kier molecular flexibility index (Phi) is 3.66. The van der Waals surface area contributed by atoms with E-state index in [4.69, 9.17) is 6.42 Å². The molecule has 0 radical (unpaired) electrons. The molecule has 18 heavy (non-hydrogen) atoms. The second-order valence-corrected chi connectivity index (χ2v) is 7.00. The average Bonchev–Trinajstić information content (AvgIpc) is 2.35. The predicted molar refractivity (Wildman–Crippen MR) is 76.1 cm³/mol. The fourth-order valence-corrected chi connectivity index (χ4v) is 5.58. The van der Waals surface area contributed by atoms with Crippen LogP contribution in [-0.4, -0.2) is 13.1 Å². The van der Waals surface area contributed by atoms with Crippen molar-refractivity contribution in [2.75, 3.05) is 7.05 Å². The van der Waals surface area contributed by atoms with Crippen LogP contribution in [0.15, 0.2) is 0 Å². The Morgan fingerprint density at radius 3 is 2.22 bits per heavy atom. The molecule has 1 unspecified atom stereocenters. The van der Waals surface area contributed by atoms with E-state index in [-0.39, 0.29) is 0 Å². The van der Waals surface area contributed by atoms with Crippen molar-refractivity contribution in [1.82, 2.24) is 5.32 Å². The van der Waals surface area contributed by atoms with E-state index in [2.05, 4.69) is 18.3 Å². The van der Waals surface area contributed by atoms with Crippen LogP contribution in [0.25, 0.3) is 0 Å². The minimum Gasteiger partial charge on any atom is -0.317 e. The van der Waals surface area contributed by atoms with Gasteiger partial charge >= 0.3 is 0 Å². The van der Waals surface area contributed by atoms with Crippen LogP contribution in [0.1, 0.15) is 51.4 Å². The highest BCUT2D eigenvalue weighted by atomic mass is 14.9. The maximum atomic E-state index is 5.38. The van der Waals surface area contributed by atoms with E-state index in [1.54, 1.807) is 6.42 Å². The molecule has 0 spiro atoms. The van der Waals surface area contributed by atoms with Crippen LogP contribution in [0.3, 0.4) is 0 Å². The quantitative estimate of drug-likeness (QED) is 0.578. The molecule has 0 aliphatic heterocycles. The molecular weight excluding hydrogens is 218 g/mol. The van der Waals surface area contributed by atoms with Crippen molar-refractivity contribution in [2.45, 2.75) is 57.4 Å². The van der Waals surface area contributed by atoms with Crippen molar-refractivity contribution in [3.63, 3.8) is 0 Å². The monoisotopic (exact) mass is 245 g/mol. The van der Waals surface area contributed by atoms with Gasteiger partial charge in [-0.3, -0.25) is 0 Å². The van der Waals surface area contributed by atoms with Gasteiger partial charge in [0.05, 0.1) is 0 Å². The Balaban J connectivity index is 1.65. The molecule has 0 amide bonds. The SMILES string of the molecule is C#CCCCC(NC)C1C2CC3CC(C2)CC1C3. The number of hydrogen-bond acceptors (Lipinski definition) is 1. The molecule has 0 aromatic heterocycles. The van der Waals surface area contributed by atoms with Gasteiger partial charge < -0.3 is 5.32 Å². The molecule has 4 saturated carbocycles. The molecular formula is C17H27N. The number of nitrogens with one attached hydrogen (secondary N) is 1. The van der Waals surface area contributed by atoms with Gasteiger partial charge in [0.2, 0.25) is 0 Å². The molecule has 0 heterocycles. The van der Waals surface area contributed by atoms with Gasteiger partial charge in [-0.25, -0.2) is 0 Å². The third-order valence-corrected chi connectivity index (χ3v) is 5.97. The van der Waals surface area contributed by atoms with E-state index >= 15 is 0 Å². The summed E-state index contributed by atoms with van der Waals surface area (Å²) in [7, 11) is 2.16. The van der Waals surface area contributed by atoms with E-state index in [1.165, 1.54) is 38.5 Å². The minimum absolute atomic E-state index is 0.730. The summed E-state index contributed by atoms with van der Waals surface area (Å²) in [6.45, 7) is 0. The van der Waals surface area contributed by atoms with Gasteiger partial charge in [-0.2, -0.15) is 0 Å². The largest absolute Gasteiger partial charge is 0.317 e. The predicted octanol–water partition coefficient (Wildman–Crippen LogP) is 3.45. The van der Waals surface area contributed by atoms with Crippen molar-refractivity contribution < 1.29 is 0 Å². The van der Waals surface area contributed by atoms with Gasteiger partial charge in [0.25, 0.3) is 0 Å². The highest BCUT2D eigenvalue weighted by molar-refractivity contribution is 5.01. The van der Waals surface area contributed by atoms with E-state index in [0.717, 1.165) is 42.1 Å². The third kappa shape index (κ3) is 2.21. The van der Waals surface area contributed by atoms with Crippen molar-refractivity contribution in [1.29, 1.82) is 0 Å². The zero-order chi connectivity index (χ0) is 12.5. The number of unbranched alkanes of at least 4 members (excludes halogenated alkanes) is 1. The maximum Gasteiger partial charge on any atom is 0.00979 e. The zero-order valence-corrected chi connectivity index (χ0v) is 11.7. The molecule has 0 saturated heterocycles. The summed E-state index contributed by atoms with van der Waals surface area (Å²) in [6.07, 6.45) is 16.5.